The predicted octanol–water partition coefficient (Wildman–Crippen LogP) is 4.21. The Balaban J connectivity index is 0.00000176. The SMILES string of the molecule is Cl.Fc1cc(Br)cc(F)c1[C@H](c1ccsc1)N1CCNCC1. The molecule has 0 radical (unpaired) electrons. The number of hydrogen-bond donors (Lipinski definition) is 1. The lowest BCUT2D eigenvalue weighted by Gasteiger charge is -2.35. The summed E-state index contributed by atoms with van der Waals surface area (Å²) in [5, 5.41) is 7.18. The zero-order valence-electron chi connectivity index (χ0n) is 11.7. The smallest absolute Gasteiger partial charge is 0.132 e. The van der Waals surface area contributed by atoms with Gasteiger partial charge in [-0.15, -0.1) is 12.4 Å². The summed E-state index contributed by atoms with van der Waals surface area (Å²) < 4.78 is 29.2. The van der Waals surface area contributed by atoms with Gasteiger partial charge in [-0.2, -0.15) is 11.3 Å². The molecule has 7 heteroatoms. The first-order valence-corrected chi connectivity index (χ1v) is 8.51. The highest BCUT2D eigenvalue weighted by Crippen LogP contribution is 2.35. The van der Waals surface area contributed by atoms with Crippen LogP contribution < -0.4 is 5.32 Å². The fourth-order valence-electron chi connectivity index (χ4n) is 2.75. The molecule has 1 fully saturated rings. The Morgan fingerprint density at radius 3 is 2.36 bits per heavy atom. The summed E-state index contributed by atoms with van der Waals surface area (Å²) in [5.41, 5.74) is 1.08. The number of hydrogen-bond acceptors (Lipinski definition) is 3. The molecule has 0 aliphatic carbocycles. The molecule has 0 amide bonds. The topological polar surface area (TPSA) is 15.3 Å². The minimum atomic E-state index is -0.503. The Labute approximate surface area is 147 Å². The Hall–Kier alpha value is -0.530. The molecule has 0 spiro atoms. The molecule has 2 nitrogen and oxygen atoms in total. The Morgan fingerprint density at radius 1 is 1.18 bits per heavy atom. The van der Waals surface area contributed by atoms with Gasteiger partial charge >= 0.3 is 0 Å². The van der Waals surface area contributed by atoms with Gasteiger partial charge in [-0.05, 0) is 34.5 Å². The minimum absolute atomic E-state index is 0. The maximum atomic E-state index is 14.4. The van der Waals surface area contributed by atoms with Gasteiger partial charge in [0.2, 0.25) is 0 Å². The van der Waals surface area contributed by atoms with Crippen LogP contribution in [0.25, 0.3) is 0 Å². The fraction of sp³-hybridized carbons (Fsp3) is 0.333. The maximum absolute atomic E-state index is 14.4. The largest absolute Gasteiger partial charge is 0.314 e. The first-order valence-electron chi connectivity index (χ1n) is 6.78. The van der Waals surface area contributed by atoms with Gasteiger partial charge in [0.15, 0.2) is 0 Å². The molecule has 1 aromatic heterocycles. The zero-order valence-corrected chi connectivity index (χ0v) is 14.9. The third-order valence-electron chi connectivity index (χ3n) is 3.69. The number of rotatable bonds is 3. The molecule has 0 bridgehead atoms. The number of nitrogens with zero attached hydrogens (tertiary/aromatic N) is 1. The molecule has 2 heterocycles. The lowest BCUT2D eigenvalue weighted by molar-refractivity contribution is 0.192. The van der Waals surface area contributed by atoms with E-state index in [9.17, 15) is 8.78 Å². The summed E-state index contributed by atoms with van der Waals surface area (Å²) in [7, 11) is 0. The van der Waals surface area contributed by atoms with E-state index in [1.165, 1.54) is 12.1 Å². The molecule has 2 aromatic rings. The molecule has 120 valence electrons. The second kappa shape index (κ2) is 7.84. The van der Waals surface area contributed by atoms with E-state index in [2.05, 4.69) is 26.1 Å². The van der Waals surface area contributed by atoms with E-state index in [0.29, 0.717) is 4.47 Å². The molecular formula is C15H16BrClF2N2S. The van der Waals surface area contributed by atoms with Gasteiger partial charge in [-0.25, -0.2) is 8.78 Å². The number of benzene rings is 1. The molecule has 0 unspecified atom stereocenters. The summed E-state index contributed by atoms with van der Waals surface area (Å²) >= 11 is 4.68. The molecule has 1 N–H and O–H groups in total. The van der Waals surface area contributed by atoms with Gasteiger partial charge in [-0.1, -0.05) is 15.9 Å². The number of halogens is 4. The van der Waals surface area contributed by atoms with Crippen molar-refractivity contribution in [2.45, 2.75) is 6.04 Å². The predicted molar refractivity (Wildman–Crippen MR) is 91.9 cm³/mol. The summed E-state index contributed by atoms with van der Waals surface area (Å²) in [5.74, 6) is -1.01. The summed E-state index contributed by atoms with van der Waals surface area (Å²) in [6.07, 6.45) is 0. The second-order valence-electron chi connectivity index (χ2n) is 5.03. The van der Waals surface area contributed by atoms with E-state index in [0.717, 1.165) is 31.7 Å². The van der Waals surface area contributed by atoms with Gasteiger partial charge in [0.05, 0.1) is 6.04 Å². The van der Waals surface area contributed by atoms with Crippen LogP contribution in [0.15, 0.2) is 33.4 Å². The molecular weight excluding hydrogens is 394 g/mol. The highest BCUT2D eigenvalue weighted by Gasteiger charge is 2.29. The maximum Gasteiger partial charge on any atom is 0.132 e. The van der Waals surface area contributed by atoms with E-state index in [-0.39, 0.29) is 24.0 Å². The number of nitrogens with one attached hydrogen (secondary N) is 1. The van der Waals surface area contributed by atoms with Gasteiger partial charge in [0, 0.05) is 36.2 Å². The van der Waals surface area contributed by atoms with Crippen LogP contribution in [-0.4, -0.2) is 31.1 Å². The summed E-state index contributed by atoms with van der Waals surface area (Å²) in [4.78, 5) is 2.13. The van der Waals surface area contributed by atoms with Crippen molar-refractivity contribution >= 4 is 39.7 Å². The van der Waals surface area contributed by atoms with Crippen molar-refractivity contribution in [2.75, 3.05) is 26.2 Å². The van der Waals surface area contributed by atoms with E-state index in [1.807, 2.05) is 16.8 Å². The lowest BCUT2D eigenvalue weighted by Crippen LogP contribution is -2.45. The molecule has 1 saturated heterocycles. The van der Waals surface area contributed by atoms with Crippen molar-refractivity contribution in [2.24, 2.45) is 0 Å². The van der Waals surface area contributed by atoms with Crippen molar-refractivity contribution in [3.63, 3.8) is 0 Å². The zero-order chi connectivity index (χ0) is 14.8. The summed E-state index contributed by atoms with van der Waals surface area (Å²) in [6.45, 7) is 3.21. The second-order valence-corrected chi connectivity index (χ2v) is 6.72. The molecule has 3 rings (SSSR count). The monoisotopic (exact) mass is 408 g/mol. The third kappa shape index (κ3) is 3.68. The molecule has 0 saturated carbocycles. The normalized spacial score (nSPS) is 17.0. The van der Waals surface area contributed by atoms with Crippen LogP contribution in [0.5, 0.6) is 0 Å². The quantitative estimate of drug-likeness (QED) is 0.817. The van der Waals surface area contributed by atoms with Crippen molar-refractivity contribution in [1.29, 1.82) is 0 Å². The molecule has 1 aromatic carbocycles. The molecule has 1 aliphatic heterocycles. The number of thiophene rings is 1. The summed E-state index contributed by atoms with van der Waals surface area (Å²) in [6, 6.07) is 4.24. The van der Waals surface area contributed by atoms with Crippen LogP contribution in [0.4, 0.5) is 8.78 Å². The fourth-order valence-corrected chi connectivity index (χ4v) is 3.83. The van der Waals surface area contributed by atoms with Crippen molar-refractivity contribution < 1.29 is 8.78 Å². The van der Waals surface area contributed by atoms with Gasteiger partial charge in [0.25, 0.3) is 0 Å². The molecule has 22 heavy (non-hydrogen) atoms. The van der Waals surface area contributed by atoms with E-state index in [4.69, 9.17) is 0 Å². The van der Waals surface area contributed by atoms with Gasteiger partial charge in [0.1, 0.15) is 11.6 Å². The van der Waals surface area contributed by atoms with E-state index >= 15 is 0 Å². The average Bonchev–Trinajstić information content (AvgIpc) is 2.97. The van der Waals surface area contributed by atoms with Crippen LogP contribution >= 0.6 is 39.7 Å². The number of piperazine rings is 1. The van der Waals surface area contributed by atoms with Crippen molar-refractivity contribution in [3.05, 3.63) is 56.2 Å². The van der Waals surface area contributed by atoms with E-state index < -0.39 is 11.6 Å². The van der Waals surface area contributed by atoms with E-state index in [1.54, 1.807) is 11.3 Å². The van der Waals surface area contributed by atoms with Crippen LogP contribution in [0, 0.1) is 11.6 Å². The van der Waals surface area contributed by atoms with Crippen molar-refractivity contribution in [1.82, 2.24) is 10.2 Å². The standard InChI is InChI=1S/C15H15BrF2N2S.ClH/c16-11-7-12(17)14(13(18)8-11)15(10-1-6-21-9-10)20-4-2-19-3-5-20;/h1,6-9,15,19H,2-5H2;1H/t15-;/m0./s1. The highest BCUT2D eigenvalue weighted by atomic mass is 79.9. The third-order valence-corrected chi connectivity index (χ3v) is 4.85. The van der Waals surface area contributed by atoms with Crippen LogP contribution in [0.1, 0.15) is 17.2 Å². The lowest BCUT2D eigenvalue weighted by atomic mass is 9.97. The van der Waals surface area contributed by atoms with Crippen LogP contribution in [0.2, 0.25) is 0 Å². The molecule has 1 aliphatic rings. The van der Waals surface area contributed by atoms with Crippen LogP contribution in [0.3, 0.4) is 0 Å². The highest BCUT2D eigenvalue weighted by molar-refractivity contribution is 9.10. The molecule has 1 atom stereocenters. The van der Waals surface area contributed by atoms with Gasteiger partial charge in [-0.3, -0.25) is 4.90 Å². The Bertz CT molecular complexity index is 595. The Kier molecular flexibility index (Phi) is 6.35. The first-order chi connectivity index (χ1) is 10.2. The van der Waals surface area contributed by atoms with Crippen molar-refractivity contribution in [3.8, 4) is 0 Å². The average molecular weight is 410 g/mol. The van der Waals surface area contributed by atoms with Gasteiger partial charge < -0.3 is 5.32 Å². The minimum Gasteiger partial charge on any atom is -0.314 e. The Morgan fingerprint density at radius 2 is 1.82 bits per heavy atom. The van der Waals surface area contributed by atoms with Crippen LogP contribution in [-0.2, 0) is 0 Å². The first kappa shape index (κ1) is 17.8.